The minimum atomic E-state index is 0.378. The Morgan fingerprint density at radius 1 is 1.19 bits per heavy atom. The third-order valence-corrected chi connectivity index (χ3v) is 3.19. The van der Waals surface area contributed by atoms with E-state index in [4.69, 9.17) is 0 Å². The molecule has 0 heterocycles. The molecule has 0 aliphatic heterocycles. The molecule has 0 saturated carbocycles. The number of benzene rings is 1. The van der Waals surface area contributed by atoms with Crippen molar-refractivity contribution in [2.75, 3.05) is 7.05 Å². The molecule has 1 aromatic carbocycles. The molecule has 1 rings (SSSR count). The molecular formula is C14H22BrN. The summed E-state index contributed by atoms with van der Waals surface area (Å²) in [5, 5.41) is 3.41. The van der Waals surface area contributed by atoms with E-state index >= 15 is 0 Å². The molecule has 90 valence electrons. The summed E-state index contributed by atoms with van der Waals surface area (Å²) in [4.78, 5) is 0. The van der Waals surface area contributed by atoms with E-state index in [1.54, 1.807) is 0 Å². The maximum absolute atomic E-state index is 3.46. The van der Waals surface area contributed by atoms with Gasteiger partial charge in [0.25, 0.3) is 0 Å². The molecule has 1 nitrogen and oxygen atoms in total. The zero-order chi connectivity index (χ0) is 12.2. The van der Waals surface area contributed by atoms with Gasteiger partial charge in [-0.1, -0.05) is 48.8 Å². The first-order valence-corrected chi connectivity index (χ1v) is 6.62. The molecule has 1 N–H and O–H groups in total. The number of hydrogen-bond acceptors (Lipinski definition) is 1. The lowest BCUT2D eigenvalue weighted by molar-refractivity contribution is 0.316. The van der Waals surface area contributed by atoms with Gasteiger partial charge in [0.1, 0.15) is 0 Å². The summed E-state index contributed by atoms with van der Waals surface area (Å²) in [5.41, 5.74) is 1.77. The largest absolute Gasteiger partial charge is 0.317 e. The molecule has 0 aliphatic carbocycles. The summed E-state index contributed by atoms with van der Waals surface area (Å²) in [6, 6.07) is 9.16. The number of hydrogen-bond donors (Lipinski definition) is 1. The minimum absolute atomic E-state index is 0.378. The second-order valence-electron chi connectivity index (χ2n) is 5.58. The standard InChI is InChI=1S/C14H22BrN/c1-14(2,3)10-13(16-4)9-11-5-7-12(15)8-6-11/h5-8,13,16H,9-10H2,1-4H3. The van der Waals surface area contributed by atoms with Crippen LogP contribution in [-0.4, -0.2) is 13.1 Å². The van der Waals surface area contributed by atoms with Crippen molar-refractivity contribution >= 4 is 15.9 Å². The van der Waals surface area contributed by atoms with Crippen LogP contribution >= 0.6 is 15.9 Å². The summed E-state index contributed by atoms with van der Waals surface area (Å²) in [5.74, 6) is 0. The number of nitrogens with one attached hydrogen (secondary N) is 1. The van der Waals surface area contributed by atoms with Crippen molar-refractivity contribution in [1.82, 2.24) is 5.32 Å². The van der Waals surface area contributed by atoms with Crippen LogP contribution in [0.1, 0.15) is 32.8 Å². The summed E-state index contributed by atoms with van der Waals surface area (Å²) >= 11 is 3.46. The first-order chi connectivity index (χ1) is 7.40. The molecular weight excluding hydrogens is 262 g/mol. The van der Waals surface area contributed by atoms with Gasteiger partial charge in [-0.2, -0.15) is 0 Å². The van der Waals surface area contributed by atoms with Gasteiger partial charge in [-0.3, -0.25) is 0 Å². The van der Waals surface area contributed by atoms with E-state index in [0.29, 0.717) is 11.5 Å². The van der Waals surface area contributed by atoms with Gasteiger partial charge in [-0.25, -0.2) is 0 Å². The number of likely N-dealkylation sites (N-methyl/N-ethyl adjacent to an activating group) is 1. The molecule has 16 heavy (non-hydrogen) atoms. The molecule has 1 atom stereocenters. The molecule has 0 amide bonds. The van der Waals surface area contributed by atoms with Gasteiger partial charge in [0.15, 0.2) is 0 Å². The molecule has 0 bridgehead atoms. The van der Waals surface area contributed by atoms with Gasteiger partial charge < -0.3 is 5.32 Å². The second-order valence-corrected chi connectivity index (χ2v) is 6.50. The summed E-state index contributed by atoms with van der Waals surface area (Å²) in [7, 11) is 2.05. The lowest BCUT2D eigenvalue weighted by Crippen LogP contribution is -2.31. The predicted octanol–water partition coefficient (Wildman–Crippen LogP) is 4.02. The Balaban J connectivity index is 2.60. The maximum atomic E-state index is 3.46. The first kappa shape index (κ1) is 13.7. The fourth-order valence-electron chi connectivity index (χ4n) is 1.92. The molecule has 0 saturated heterocycles. The van der Waals surface area contributed by atoms with Crippen molar-refractivity contribution in [3.8, 4) is 0 Å². The van der Waals surface area contributed by atoms with Gasteiger partial charge in [0, 0.05) is 10.5 Å². The lowest BCUT2D eigenvalue weighted by atomic mass is 9.86. The molecule has 0 fully saturated rings. The Labute approximate surface area is 108 Å². The molecule has 2 heteroatoms. The topological polar surface area (TPSA) is 12.0 Å². The van der Waals surface area contributed by atoms with E-state index in [2.05, 4.69) is 73.3 Å². The molecule has 0 aliphatic rings. The van der Waals surface area contributed by atoms with E-state index < -0.39 is 0 Å². The van der Waals surface area contributed by atoms with Crippen molar-refractivity contribution in [2.24, 2.45) is 5.41 Å². The Bertz CT molecular complexity index is 311. The average molecular weight is 284 g/mol. The van der Waals surface area contributed by atoms with Crippen LogP contribution in [0.15, 0.2) is 28.7 Å². The fraction of sp³-hybridized carbons (Fsp3) is 0.571. The maximum Gasteiger partial charge on any atom is 0.0175 e. The monoisotopic (exact) mass is 283 g/mol. The van der Waals surface area contributed by atoms with Crippen LogP contribution in [0, 0.1) is 5.41 Å². The summed E-state index contributed by atoms with van der Waals surface area (Å²) < 4.78 is 1.15. The molecule has 0 radical (unpaired) electrons. The van der Waals surface area contributed by atoms with Crippen LogP contribution in [0.4, 0.5) is 0 Å². The third-order valence-electron chi connectivity index (χ3n) is 2.66. The first-order valence-electron chi connectivity index (χ1n) is 5.82. The van der Waals surface area contributed by atoms with Gasteiger partial charge in [-0.05, 0) is 43.0 Å². The third kappa shape index (κ3) is 5.13. The van der Waals surface area contributed by atoms with Crippen molar-refractivity contribution < 1.29 is 0 Å². The Kier molecular flexibility index (Phi) is 5.00. The SMILES string of the molecule is CNC(Cc1ccc(Br)cc1)CC(C)(C)C. The summed E-state index contributed by atoms with van der Waals surface area (Å²) in [6.07, 6.45) is 2.29. The van der Waals surface area contributed by atoms with Crippen LogP contribution in [0.5, 0.6) is 0 Å². The molecule has 0 spiro atoms. The van der Waals surface area contributed by atoms with E-state index in [9.17, 15) is 0 Å². The van der Waals surface area contributed by atoms with E-state index in [-0.39, 0.29) is 0 Å². The highest BCUT2D eigenvalue weighted by atomic mass is 79.9. The molecule has 1 aromatic rings. The van der Waals surface area contributed by atoms with Gasteiger partial charge in [0.05, 0.1) is 0 Å². The van der Waals surface area contributed by atoms with Crippen molar-refractivity contribution in [1.29, 1.82) is 0 Å². The van der Waals surface area contributed by atoms with Gasteiger partial charge >= 0.3 is 0 Å². The van der Waals surface area contributed by atoms with E-state index in [1.807, 2.05) is 0 Å². The van der Waals surface area contributed by atoms with Gasteiger partial charge in [-0.15, -0.1) is 0 Å². The number of rotatable bonds is 4. The average Bonchev–Trinajstić information content (AvgIpc) is 2.18. The van der Waals surface area contributed by atoms with Crippen molar-refractivity contribution in [3.05, 3.63) is 34.3 Å². The van der Waals surface area contributed by atoms with Crippen LogP contribution < -0.4 is 5.32 Å². The molecule has 0 aromatic heterocycles. The minimum Gasteiger partial charge on any atom is -0.317 e. The Morgan fingerprint density at radius 3 is 2.19 bits per heavy atom. The van der Waals surface area contributed by atoms with Crippen molar-refractivity contribution in [2.45, 2.75) is 39.7 Å². The zero-order valence-electron chi connectivity index (χ0n) is 10.7. The number of halogens is 1. The zero-order valence-corrected chi connectivity index (χ0v) is 12.3. The summed E-state index contributed by atoms with van der Waals surface area (Å²) in [6.45, 7) is 6.87. The second kappa shape index (κ2) is 5.83. The fourth-order valence-corrected chi connectivity index (χ4v) is 2.18. The Hall–Kier alpha value is -0.340. The normalized spacial score (nSPS) is 13.8. The predicted molar refractivity (Wildman–Crippen MR) is 74.8 cm³/mol. The van der Waals surface area contributed by atoms with Gasteiger partial charge in [0.2, 0.25) is 0 Å². The van der Waals surface area contributed by atoms with Crippen LogP contribution in [0.2, 0.25) is 0 Å². The van der Waals surface area contributed by atoms with Crippen LogP contribution in [0.3, 0.4) is 0 Å². The van der Waals surface area contributed by atoms with Crippen molar-refractivity contribution in [3.63, 3.8) is 0 Å². The Morgan fingerprint density at radius 2 is 1.75 bits per heavy atom. The highest BCUT2D eigenvalue weighted by molar-refractivity contribution is 9.10. The van der Waals surface area contributed by atoms with E-state index in [1.165, 1.54) is 12.0 Å². The van der Waals surface area contributed by atoms with E-state index in [0.717, 1.165) is 10.9 Å². The molecule has 1 unspecified atom stereocenters. The lowest BCUT2D eigenvalue weighted by Gasteiger charge is -2.25. The van der Waals surface area contributed by atoms with Crippen LogP contribution in [-0.2, 0) is 6.42 Å². The smallest absolute Gasteiger partial charge is 0.0175 e. The highest BCUT2D eigenvalue weighted by Crippen LogP contribution is 2.22. The van der Waals surface area contributed by atoms with Crippen LogP contribution in [0.25, 0.3) is 0 Å². The highest BCUT2D eigenvalue weighted by Gasteiger charge is 2.17. The quantitative estimate of drug-likeness (QED) is 0.880.